The van der Waals surface area contributed by atoms with E-state index in [0.717, 1.165) is 0 Å². The quantitative estimate of drug-likeness (QED) is 0.0279. The molecule has 508 valence electrons. The lowest BCUT2D eigenvalue weighted by Crippen LogP contribution is -2.44. The third kappa shape index (κ3) is 42.8. The molecule has 0 aromatic heterocycles. The first-order valence-corrected chi connectivity index (χ1v) is 29.3. The van der Waals surface area contributed by atoms with E-state index in [2.05, 4.69) is 65.8 Å². The lowest BCUT2D eigenvalue weighted by molar-refractivity contribution is -0.171. The molecule has 24 heteroatoms. The molecule has 0 bridgehead atoms. The normalized spacial score (nSPS) is 10.3. The number of aliphatic hydroxyl groups excluding tert-OH is 4. The van der Waals surface area contributed by atoms with Crippen molar-refractivity contribution in [2.24, 2.45) is 10.8 Å². The van der Waals surface area contributed by atoms with Crippen molar-refractivity contribution in [2.75, 3.05) is 118 Å². The third-order valence-corrected chi connectivity index (χ3v) is 12.6. The summed E-state index contributed by atoms with van der Waals surface area (Å²) < 4.78 is 22.5. The minimum atomic E-state index is -1.63. The van der Waals surface area contributed by atoms with Crippen LogP contribution in [0.5, 0.6) is 0 Å². The van der Waals surface area contributed by atoms with E-state index in [-0.39, 0.29) is 127 Å². The molecule has 0 aliphatic heterocycles. The van der Waals surface area contributed by atoms with Crippen LogP contribution in [0.4, 0.5) is 0 Å². The molecule has 0 atom stereocenters. The summed E-state index contributed by atoms with van der Waals surface area (Å²) in [5.74, 6) is -4.72. The van der Waals surface area contributed by atoms with E-state index in [1.54, 1.807) is 65.7 Å². The highest BCUT2D eigenvalue weighted by Gasteiger charge is 2.38. The zero-order valence-corrected chi connectivity index (χ0v) is 52.4. The Labute approximate surface area is 533 Å². The average Bonchev–Trinajstić information content (AvgIpc) is 3.63. The first-order valence-electron chi connectivity index (χ1n) is 29.3. The molecule has 0 heterocycles. The van der Waals surface area contributed by atoms with Crippen LogP contribution in [0.2, 0.25) is 0 Å². The Balaban J connectivity index is -0.00000122. The number of amides is 5. The van der Waals surface area contributed by atoms with Crippen molar-refractivity contribution >= 4 is 59.4 Å². The summed E-state index contributed by atoms with van der Waals surface area (Å²) in [5.41, 5.74) is -2.74. The first-order chi connectivity index (χ1) is 42.5. The number of carboxylic acid groups (broad SMARTS) is 1. The molecule has 5 amide bonds. The van der Waals surface area contributed by atoms with Gasteiger partial charge in [0.2, 0.25) is 29.5 Å². The van der Waals surface area contributed by atoms with Crippen molar-refractivity contribution < 1.29 is 92.4 Å². The number of hydrogen-bond donors (Lipinski definition) is 5. The van der Waals surface area contributed by atoms with Gasteiger partial charge in [0.1, 0.15) is 31.8 Å². The standard InChI is InChI=1S/C49H72N4O12.C11H17NO3.C5H12O4.CH4/c1-9-29-50(30-10-2)41(54)21-17-25-45(58)62-37-49(38-63-46(59)26-18-22-42(55)51(31-11-3)32-12-4,39-64-47(60)27-19-23-43(56)52(33-13-5)34-14-6)40-65-48(61)28-20-24-44(57)53(35-15-7)36-16-8;1-3-8-12(9-4-2)10(13)6-5-7-11(14)15;6-1-5(2-7,3-8)4-9;/h9-16H,1-8,17-40H2;3-4H,1-2,5-9H2,(H,14,15);6-9H,1-4H2;1H4. The number of carbonyl (C=O) groups excluding carboxylic acids is 9. The summed E-state index contributed by atoms with van der Waals surface area (Å²) in [5, 5.41) is 42.4. The summed E-state index contributed by atoms with van der Waals surface area (Å²) >= 11 is 0. The number of nitrogens with zero attached hydrogens (tertiary/aromatic N) is 5. The van der Waals surface area contributed by atoms with Crippen LogP contribution in [-0.4, -0.2) is 228 Å². The van der Waals surface area contributed by atoms with Crippen LogP contribution >= 0.6 is 0 Å². The molecule has 0 fully saturated rings. The van der Waals surface area contributed by atoms with Crippen LogP contribution < -0.4 is 0 Å². The molecule has 0 saturated heterocycles. The van der Waals surface area contributed by atoms with Crippen LogP contribution in [0.1, 0.15) is 104 Å². The molecular weight excluding hydrogens is 1170 g/mol. The largest absolute Gasteiger partial charge is 0.481 e. The van der Waals surface area contributed by atoms with Gasteiger partial charge in [0.15, 0.2) is 0 Å². The molecule has 0 rings (SSSR count). The fraction of sp³-hybridized carbons (Fsp3) is 0.545. The first kappa shape index (κ1) is 88.4. The Hall–Kier alpha value is -8.06. The number of rotatable bonds is 52. The molecule has 0 aromatic carbocycles. The number of aliphatic carboxylic acids is 1. The maximum Gasteiger partial charge on any atom is 0.305 e. The van der Waals surface area contributed by atoms with E-state index in [4.69, 9.17) is 44.5 Å². The molecule has 0 saturated carbocycles. The lowest BCUT2D eigenvalue weighted by Gasteiger charge is -2.31. The molecule has 0 unspecified atom stereocenters. The van der Waals surface area contributed by atoms with Crippen molar-refractivity contribution in [3.63, 3.8) is 0 Å². The van der Waals surface area contributed by atoms with Gasteiger partial charge in [-0.3, -0.25) is 47.9 Å². The van der Waals surface area contributed by atoms with Crippen molar-refractivity contribution in [1.82, 2.24) is 24.5 Å². The highest BCUT2D eigenvalue weighted by Crippen LogP contribution is 2.24. The summed E-state index contributed by atoms with van der Waals surface area (Å²) in [4.78, 5) is 133. The fourth-order valence-corrected chi connectivity index (χ4v) is 7.44. The minimum absolute atomic E-state index is 0. The number of hydrogen-bond acceptors (Lipinski definition) is 18. The Kier molecular flexibility index (Phi) is 55.2. The van der Waals surface area contributed by atoms with Crippen LogP contribution in [0, 0.1) is 10.8 Å². The highest BCUT2D eigenvalue weighted by atomic mass is 16.6. The minimum Gasteiger partial charge on any atom is -0.481 e. The number of ether oxygens (including phenoxy) is 4. The van der Waals surface area contributed by atoms with Gasteiger partial charge in [0.25, 0.3) is 0 Å². The predicted molar refractivity (Wildman–Crippen MR) is 346 cm³/mol. The summed E-state index contributed by atoms with van der Waals surface area (Å²) in [6.45, 7) is 35.9. The van der Waals surface area contributed by atoms with E-state index in [1.807, 2.05) is 0 Å². The van der Waals surface area contributed by atoms with Crippen LogP contribution in [0.3, 0.4) is 0 Å². The van der Waals surface area contributed by atoms with Gasteiger partial charge in [-0.15, -0.1) is 65.8 Å². The fourth-order valence-electron chi connectivity index (χ4n) is 7.44. The van der Waals surface area contributed by atoms with Gasteiger partial charge in [0, 0.05) is 130 Å². The molecule has 0 aliphatic carbocycles. The van der Waals surface area contributed by atoms with Gasteiger partial charge in [-0.25, -0.2) is 0 Å². The van der Waals surface area contributed by atoms with Crippen LogP contribution in [0.15, 0.2) is 127 Å². The van der Waals surface area contributed by atoms with Gasteiger partial charge >= 0.3 is 29.8 Å². The Morgan fingerprint density at radius 3 is 0.589 bits per heavy atom. The SMILES string of the molecule is C.C=CCN(CC=C)C(=O)CCCC(=O)O.C=CCN(CC=C)C(=O)CCCC(=O)OCC(COC(=O)CCCC(=O)N(CC=C)CC=C)(COC(=O)CCCC(=O)N(CC=C)CC=C)COC(=O)CCCC(=O)N(CC=C)CC=C.OCC(CO)(CO)CO. The topological polar surface area (TPSA) is 325 Å². The molecule has 90 heavy (non-hydrogen) atoms. The molecular formula is C66H105N5O19. The Bertz CT molecular complexity index is 1960. The van der Waals surface area contributed by atoms with Crippen LogP contribution in [-0.2, 0) is 66.9 Å². The molecule has 0 radical (unpaired) electrons. The number of aliphatic hydroxyl groups is 4. The van der Waals surface area contributed by atoms with E-state index in [1.165, 1.54) is 19.6 Å². The lowest BCUT2D eigenvalue weighted by atomic mass is 9.92. The molecule has 5 N–H and O–H groups in total. The van der Waals surface area contributed by atoms with Gasteiger partial charge in [-0.2, -0.15) is 0 Å². The van der Waals surface area contributed by atoms with Gasteiger partial charge < -0.3 is 69.0 Å². The van der Waals surface area contributed by atoms with E-state index >= 15 is 0 Å². The van der Waals surface area contributed by atoms with Crippen molar-refractivity contribution in [3.8, 4) is 0 Å². The van der Waals surface area contributed by atoms with E-state index in [0.29, 0.717) is 71.9 Å². The average molecular weight is 1270 g/mol. The third-order valence-electron chi connectivity index (χ3n) is 12.6. The Morgan fingerprint density at radius 1 is 0.289 bits per heavy atom. The number of carbonyl (C=O) groups is 10. The van der Waals surface area contributed by atoms with Crippen LogP contribution in [0.25, 0.3) is 0 Å². The predicted octanol–water partition coefficient (Wildman–Crippen LogP) is 5.65. The second-order valence-corrected chi connectivity index (χ2v) is 20.3. The number of carboxylic acids is 1. The smallest absolute Gasteiger partial charge is 0.305 e. The Morgan fingerprint density at radius 2 is 0.456 bits per heavy atom. The summed E-state index contributed by atoms with van der Waals surface area (Å²) in [6.07, 6.45) is 16.5. The molecule has 0 spiro atoms. The molecule has 0 aliphatic rings. The van der Waals surface area contributed by atoms with Gasteiger partial charge in [-0.1, -0.05) is 68.2 Å². The maximum atomic E-state index is 13.1. The monoisotopic (exact) mass is 1270 g/mol. The summed E-state index contributed by atoms with van der Waals surface area (Å²) in [7, 11) is 0. The van der Waals surface area contributed by atoms with Gasteiger partial charge in [-0.05, 0) is 32.1 Å². The van der Waals surface area contributed by atoms with E-state index in [9.17, 15) is 47.9 Å². The van der Waals surface area contributed by atoms with Gasteiger partial charge in [0.05, 0.1) is 31.8 Å². The molecule has 24 nitrogen and oxygen atoms in total. The maximum absolute atomic E-state index is 13.1. The zero-order chi connectivity index (χ0) is 67.9. The van der Waals surface area contributed by atoms with Crippen molar-refractivity contribution in [2.45, 2.75) is 104 Å². The van der Waals surface area contributed by atoms with Crippen molar-refractivity contribution in [1.29, 1.82) is 0 Å². The summed E-state index contributed by atoms with van der Waals surface area (Å²) in [6, 6.07) is 0. The second kappa shape index (κ2) is 56.2. The second-order valence-electron chi connectivity index (χ2n) is 20.3. The highest BCUT2D eigenvalue weighted by molar-refractivity contribution is 5.80. The zero-order valence-electron chi connectivity index (χ0n) is 52.4. The molecule has 0 aromatic rings. The van der Waals surface area contributed by atoms with E-state index < -0.39 is 93.5 Å². The van der Waals surface area contributed by atoms with Crippen molar-refractivity contribution in [3.05, 3.63) is 127 Å². The number of esters is 4.